The number of amides is 1. The van der Waals surface area contributed by atoms with Crippen molar-refractivity contribution in [1.82, 2.24) is 14.3 Å². The van der Waals surface area contributed by atoms with Gasteiger partial charge in [-0.1, -0.05) is 29.8 Å². The van der Waals surface area contributed by atoms with Crippen molar-refractivity contribution in [1.29, 1.82) is 0 Å². The molecule has 0 N–H and O–H groups in total. The maximum atomic E-state index is 12.6. The summed E-state index contributed by atoms with van der Waals surface area (Å²) >= 11 is 6.23. The monoisotopic (exact) mass is 396 g/mol. The van der Waals surface area contributed by atoms with Gasteiger partial charge in [-0.2, -0.15) is 0 Å². The molecule has 1 aromatic carbocycles. The number of nitrogens with zero attached hydrogens (tertiary/aromatic N) is 4. The first-order valence-electron chi connectivity index (χ1n) is 9.15. The summed E-state index contributed by atoms with van der Waals surface area (Å²) in [7, 11) is 1.68. The van der Waals surface area contributed by atoms with E-state index < -0.39 is 0 Å². The van der Waals surface area contributed by atoms with Gasteiger partial charge in [-0.05, 0) is 30.3 Å². The second-order valence-corrected chi connectivity index (χ2v) is 6.89. The number of fused-ring (bicyclic) bond motifs is 1. The zero-order chi connectivity index (χ0) is 19.5. The van der Waals surface area contributed by atoms with Gasteiger partial charge in [0.05, 0.1) is 18.5 Å². The number of para-hydroxylation sites is 2. The van der Waals surface area contributed by atoms with Crippen molar-refractivity contribution in [2.75, 3.05) is 38.2 Å². The smallest absolute Gasteiger partial charge is 0.246 e. The number of carbonyl (C=O) groups excluding carboxylic acids is 1. The van der Waals surface area contributed by atoms with Crippen LogP contribution in [0.15, 0.2) is 54.7 Å². The third-order valence-electron chi connectivity index (χ3n) is 4.92. The van der Waals surface area contributed by atoms with E-state index in [0.717, 1.165) is 30.2 Å². The highest BCUT2D eigenvalue weighted by Crippen LogP contribution is 2.28. The second kappa shape index (κ2) is 7.94. The molecule has 144 valence electrons. The van der Waals surface area contributed by atoms with E-state index in [-0.39, 0.29) is 5.91 Å². The standard InChI is InChI=1S/C21H21ClN4O2/c1-28-18-7-3-2-6-16(18)24-12-14-25(15-13-24)20(27)10-9-17-21(22)23-19-8-4-5-11-26(17)19/h2-11H,12-15H2,1H3/b10-9+. The number of pyridine rings is 1. The van der Waals surface area contributed by atoms with Crippen LogP contribution in [-0.4, -0.2) is 53.5 Å². The molecule has 4 rings (SSSR count). The van der Waals surface area contributed by atoms with E-state index in [4.69, 9.17) is 16.3 Å². The molecule has 1 aliphatic heterocycles. The molecule has 28 heavy (non-hydrogen) atoms. The molecule has 0 bridgehead atoms. The number of ether oxygens (including phenoxy) is 1. The van der Waals surface area contributed by atoms with Crippen LogP contribution in [0.25, 0.3) is 11.7 Å². The van der Waals surface area contributed by atoms with Crippen LogP contribution in [0.2, 0.25) is 5.15 Å². The highest BCUT2D eigenvalue weighted by Gasteiger charge is 2.21. The Bertz CT molecular complexity index is 1020. The van der Waals surface area contributed by atoms with Crippen molar-refractivity contribution >= 4 is 34.9 Å². The number of carbonyl (C=O) groups is 1. The average Bonchev–Trinajstić information content (AvgIpc) is 3.07. The van der Waals surface area contributed by atoms with E-state index in [9.17, 15) is 4.79 Å². The van der Waals surface area contributed by atoms with Crippen LogP contribution in [0, 0.1) is 0 Å². The van der Waals surface area contributed by atoms with Crippen molar-refractivity contribution < 1.29 is 9.53 Å². The molecular formula is C21H21ClN4O2. The fourth-order valence-corrected chi connectivity index (χ4v) is 3.69. The molecule has 1 amide bonds. The minimum absolute atomic E-state index is 0.0263. The third-order valence-corrected chi connectivity index (χ3v) is 5.20. The Morgan fingerprint density at radius 2 is 1.86 bits per heavy atom. The van der Waals surface area contributed by atoms with Crippen LogP contribution < -0.4 is 9.64 Å². The van der Waals surface area contributed by atoms with Gasteiger partial charge in [-0.25, -0.2) is 4.98 Å². The Kier molecular flexibility index (Phi) is 5.21. The number of aromatic nitrogens is 2. The largest absolute Gasteiger partial charge is 0.495 e. The van der Waals surface area contributed by atoms with Crippen LogP contribution in [0.5, 0.6) is 5.75 Å². The molecule has 0 saturated carbocycles. The van der Waals surface area contributed by atoms with Crippen LogP contribution in [0.3, 0.4) is 0 Å². The Morgan fingerprint density at radius 3 is 2.64 bits per heavy atom. The highest BCUT2D eigenvalue weighted by molar-refractivity contribution is 6.31. The van der Waals surface area contributed by atoms with Gasteiger partial charge in [0.1, 0.15) is 11.4 Å². The van der Waals surface area contributed by atoms with Crippen LogP contribution >= 0.6 is 11.6 Å². The molecule has 2 aromatic heterocycles. The second-order valence-electron chi connectivity index (χ2n) is 6.53. The fraction of sp³-hybridized carbons (Fsp3) is 0.238. The average molecular weight is 397 g/mol. The molecule has 0 atom stereocenters. The fourth-order valence-electron chi connectivity index (χ4n) is 3.45. The minimum Gasteiger partial charge on any atom is -0.495 e. The Balaban J connectivity index is 1.43. The number of halogens is 1. The highest BCUT2D eigenvalue weighted by atomic mass is 35.5. The van der Waals surface area contributed by atoms with Gasteiger partial charge in [-0.15, -0.1) is 0 Å². The Hall–Kier alpha value is -2.99. The lowest BCUT2D eigenvalue weighted by Crippen LogP contribution is -2.48. The zero-order valence-electron chi connectivity index (χ0n) is 15.6. The summed E-state index contributed by atoms with van der Waals surface area (Å²) in [6.07, 6.45) is 5.18. The van der Waals surface area contributed by atoms with Crippen LogP contribution in [-0.2, 0) is 4.79 Å². The van der Waals surface area contributed by atoms with Gasteiger partial charge in [0.15, 0.2) is 5.15 Å². The summed E-state index contributed by atoms with van der Waals surface area (Å²) in [5.74, 6) is 0.825. The zero-order valence-corrected chi connectivity index (χ0v) is 16.3. The Morgan fingerprint density at radius 1 is 1.11 bits per heavy atom. The molecule has 3 heterocycles. The van der Waals surface area contributed by atoms with E-state index in [1.165, 1.54) is 0 Å². The number of imidazole rings is 1. The van der Waals surface area contributed by atoms with Gasteiger partial charge in [0, 0.05) is 38.5 Å². The van der Waals surface area contributed by atoms with Crippen LogP contribution in [0.1, 0.15) is 5.69 Å². The SMILES string of the molecule is COc1ccccc1N1CCN(C(=O)/C=C/c2c(Cl)nc3ccccn23)CC1. The van der Waals surface area contributed by atoms with Gasteiger partial charge in [0.2, 0.25) is 5.91 Å². The Labute approximate surface area is 168 Å². The normalized spacial score (nSPS) is 14.8. The summed E-state index contributed by atoms with van der Waals surface area (Å²) in [5, 5.41) is 0.385. The maximum Gasteiger partial charge on any atom is 0.246 e. The van der Waals surface area contributed by atoms with Gasteiger partial charge in [-0.3, -0.25) is 9.20 Å². The van der Waals surface area contributed by atoms with Crippen molar-refractivity contribution in [3.05, 3.63) is 65.6 Å². The molecule has 1 fully saturated rings. The molecule has 1 saturated heterocycles. The summed E-state index contributed by atoms with van der Waals surface area (Å²) in [6.45, 7) is 2.83. The molecular weight excluding hydrogens is 376 g/mol. The van der Waals surface area contributed by atoms with E-state index in [1.807, 2.05) is 58.0 Å². The molecule has 0 aliphatic carbocycles. The van der Waals surface area contributed by atoms with Crippen molar-refractivity contribution in [3.63, 3.8) is 0 Å². The summed E-state index contributed by atoms with van der Waals surface area (Å²) in [5.41, 5.74) is 2.52. The predicted octanol–water partition coefficient (Wildman–Crippen LogP) is 3.36. The topological polar surface area (TPSA) is 50.1 Å². The van der Waals surface area contributed by atoms with Gasteiger partial charge in [0.25, 0.3) is 0 Å². The number of rotatable bonds is 4. The van der Waals surface area contributed by atoms with Gasteiger partial charge >= 0.3 is 0 Å². The molecule has 6 nitrogen and oxygen atoms in total. The number of hydrogen-bond acceptors (Lipinski definition) is 4. The van der Waals surface area contributed by atoms with Crippen molar-refractivity contribution in [2.45, 2.75) is 0 Å². The molecule has 0 unspecified atom stereocenters. The summed E-state index contributed by atoms with van der Waals surface area (Å²) < 4.78 is 7.31. The molecule has 3 aromatic rings. The number of methoxy groups -OCH3 is 1. The summed E-state index contributed by atoms with van der Waals surface area (Å²) in [6, 6.07) is 13.6. The maximum absolute atomic E-state index is 12.6. The first kappa shape index (κ1) is 18.4. The van der Waals surface area contributed by atoms with Gasteiger partial charge < -0.3 is 14.5 Å². The molecule has 0 spiro atoms. The first-order chi connectivity index (χ1) is 13.7. The quantitative estimate of drug-likeness (QED) is 0.634. The van der Waals surface area contributed by atoms with Crippen LogP contribution in [0.4, 0.5) is 5.69 Å². The first-order valence-corrected chi connectivity index (χ1v) is 9.52. The lowest BCUT2D eigenvalue weighted by atomic mass is 10.2. The molecule has 0 radical (unpaired) electrons. The summed E-state index contributed by atoms with van der Waals surface area (Å²) in [4.78, 5) is 21.0. The predicted molar refractivity (Wildman–Crippen MR) is 111 cm³/mol. The third kappa shape index (κ3) is 3.55. The number of benzene rings is 1. The van der Waals surface area contributed by atoms with Crippen molar-refractivity contribution in [3.8, 4) is 5.75 Å². The van der Waals surface area contributed by atoms with E-state index >= 15 is 0 Å². The lowest BCUT2D eigenvalue weighted by molar-refractivity contribution is -0.126. The molecule has 7 heteroatoms. The lowest BCUT2D eigenvalue weighted by Gasteiger charge is -2.36. The van der Waals surface area contributed by atoms with E-state index in [1.54, 1.807) is 19.3 Å². The van der Waals surface area contributed by atoms with E-state index in [0.29, 0.717) is 23.9 Å². The minimum atomic E-state index is -0.0263. The number of anilines is 1. The molecule has 1 aliphatic rings. The number of hydrogen-bond donors (Lipinski definition) is 0. The van der Waals surface area contributed by atoms with Crippen molar-refractivity contribution in [2.24, 2.45) is 0 Å². The van der Waals surface area contributed by atoms with E-state index in [2.05, 4.69) is 9.88 Å². The number of piperazine rings is 1.